The summed E-state index contributed by atoms with van der Waals surface area (Å²) in [5, 5.41) is 0. The second-order valence-corrected chi connectivity index (χ2v) is 7.27. The summed E-state index contributed by atoms with van der Waals surface area (Å²) in [6.45, 7) is 1.35. The zero-order chi connectivity index (χ0) is 20.4. The number of hydrogen-bond acceptors (Lipinski definition) is 3. The molecule has 1 aliphatic heterocycles. The zero-order valence-electron chi connectivity index (χ0n) is 15.8. The fourth-order valence-electron chi connectivity index (χ4n) is 3.74. The Bertz CT molecular complexity index is 1040. The van der Waals surface area contributed by atoms with Crippen LogP contribution >= 0.6 is 0 Å². The molecule has 1 aliphatic rings. The van der Waals surface area contributed by atoms with Gasteiger partial charge >= 0.3 is 0 Å². The molecule has 4 nitrogen and oxygen atoms in total. The van der Waals surface area contributed by atoms with Crippen molar-refractivity contribution in [1.82, 2.24) is 9.88 Å². The van der Waals surface area contributed by atoms with E-state index in [1.165, 1.54) is 17.7 Å². The van der Waals surface area contributed by atoms with Crippen LogP contribution in [0.1, 0.15) is 23.6 Å². The quantitative estimate of drug-likeness (QED) is 0.724. The van der Waals surface area contributed by atoms with Crippen LogP contribution in [0.25, 0.3) is 11.3 Å². The number of anilines is 1. The molecule has 0 spiro atoms. The summed E-state index contributed by atoms with van der Waals surface area (Å²) in [5.41, 5.74) is 8.51. The highest BCUT2D eigenvalue weighted by Gasteiger charge is 2.27. The third-order valence-corrected chi connectivity index (χ3v) is 5.35. The first-order valence-electron chi connectivity index (χ1n) is 9.55. The predicted octanol–water partition coefficient (Wildman–Crippen LogP) is 4.17. The molecule has 6 heteroatoms. The lowest BCUT2D eigenvalue weighted by molar-refractivity contribution is -0.129. The molecule has 0 saturated carbocycles. The van der Waals surface area contributed by atoms with Crippen LogP contribution in [0.5, 0.6) is 0 Å². The van der Waals surface area contributed by atoms with E-state index in [1.54, 1.807) is 12.1 Å². The molecule has 2 heterocycles. The molecule has 1 unspecified atom stereocenters. The van der Waals surface area contributed by atoms with Crippen molar-refractivity contribution in [3.05, 3.63) is 83.6 Å². The van der Waals surface area contributed by atoms with Gasteiger partial charge in [-0.15, -0.1) is 0 Å². The lowest BCUT2D eigenvalue weighted by atomic mass is 9.99. The van der Waals surface area contributed by atoms with Crippen LogP contribution in [-0.2, 0) is 11.2 Å². The number of likely N-dealkylation sites (tertiary alicyclic amines) is 1. The maximum atomic E-state index is 14.1. The number of pyridine rings is 1. The molecule has 4 rings (SSSR count). The van der Waals surface area contributed by atoms with E-state index in [0.29, 0.717) is 36.1 Å². The van der Waals surface area contributed by atoms with E-state index < -0.39 is 11.6 Å². The third kappa shape index (κ3) is 4.11. The molecule has 3 aromatic rings. The second kappa shape index (κ2) is 7.99. The van der Waals surface area contributed by atoms with Gasteiger partial charge in [-0.1, -0.05) is 30.3 Å². The number of carbonyl (C=O) groups is 1. The van der Waals surface area contributed by atoms with Crippen LogP contribution in [0, 0.1) is 11.6 Å². The summed E-state index contributed by atoms with van der Waals surface area (Å²) in [6, 6.07) is 16.6. The van der Waals surface area contributed by atoms with Crippen molar-refractivity contribution in [3.8, 4) is 11.3 Å². The first kappa shape index (κ1) is 19.1. The molecular formula is C23H21F2N3O. The molecule has 29 heavy (non-hydrogen) atoms. The largest absolute Gasteiger partial charge is 0.397 e. The Balaban J connectivity index is 1.50. The average molecular weight is 393 g/mol. The minimum atomic E-state index is -0.704. The van der Waals surface area contributed by atoms with Crippen molar-refractivity contribution >= 4 is 11.6 Å². The van der Waals surface area contributed by atoms with Gasteiger partial charge in [-0.25, -0.2) is 8.78 Å². The summed E-state index contributed by atoms with van der Waals surface area (Å²) < 4.78 is 27.3. The number of rotatable bonds is 4. The van der Waals surface area contributed by atoms with Gasteiger partial charge < -0.3 is 10.6 Å². The topological polar surface area (TPSA) is 59.2 Å². The maximum Gasteiger partial charge on any atom is 0.228 e. The molecular weight excluding hydrogens is 372 g/mol. The molecule has 0 bridgehead atoms. The molecule has 0 aliphatic carbocycles. The average Bonchev–Trinajstić information content (AvgIpc) is 3.21. The van der Waals surface area contributed by atoms with E-state index in [4.69, 9.17) is 5.73 Å². The Morgan fingerprint density at radius 3 is 2.66 bits per heavy atom. The summed E-state index contributed by atoms with van der Waals surface area (Å²) in [4.78, 5) is 19.0. The third-order valence-electron chi connectivity index (χ3n) is 5.35. The summed E-state index contributed by atoms with van der Waals surface area (Å²) >= 11 is 0. The van der Waals surface area contributed by atoms with Gasteiger partial charge in [0.25, 0.3) is 0 Å². The molecule has 1 aromatic heterocycles. The van der Waals surface area contributed by atoms with Crippen LogP contribution in [0.15, 0.2) is 60.7 Å². The Morgan fingerprint density at radius 2 is 1.90 bits per heavy atom. The molecule has 1 amide bonds. The lowest BCUT2D eigenvalue weighted by Gasteiger charge is -2.17. The van der Waals surface area contributed by atoms with Gasteiger partial charge in [0.1, 0.15) is 11.6 Å². The maximum absolute atomic E-state index is 14.1. The fraction of sp³-hybridized carbons (Fsp3) is 0.217. The summed E-state index contributed by atoms with van der Waals surface area (Å²) in [7, 11) is 0. The summed E-state index contributed by atoms with van der Waals surface area (Å²) in [6.07, 6.45) is 0.962. The van der Waals surface area contributed by atoms with Crippen molar-refractivity contribution in [2.75, 3.05) is 18.8 Å². The number of hydrogen-bond donors (Lipinski definition) is 1. The molecule has 1 atom stereocenters. The summed E-state index contributed by atoms with van der Waals surface area (Å²) in [5.74, 6) is -1.09. The first-order chi connectivity index (χ1) is 14.0. The number of amides is 1. The van der Waals surface area contributed by atoms with Gasteiger partial charge in [0, 0.05) is 30.6 Å². The van der Waals surface area contributed by atoms with Crippen molar-refractivity contribution in [3.63, 3.8) is 0 Å². The number of nitrogens with two attached hydrogens (primary N) is 1. The van der Waals surface area contributed by atoms with Crippen LogP contribution in [0.3, 0.4) is 0 Å². The molecule has 1 saturated heterocycles. The highest BCUT2D eigenvalue weighted by Crippen LogP contribution is 2.28. The van der Waals surface area contributed by atoms with Crippen LogP contribution < -0.4 is 5.73 Å². The van der Waals surface area contributed by atoms with Crippen molar-refractivity contribution in [2.24, 2.45) is 0 Å². The van der Waals surface area contributed by atoms with Crippen LogP contribution in [0.4, 0.5) is 14.5 Å². The molecule has 2 N–H and O–H groups in total. The van der Waals surface area contributed by atoms with Gasteiger partial charge in [-0.3, -0.25) is 9.78 Å². The van der Waals surface area contributed by atoms with E-state index in [0.717, 1.165) is 12.5 Å². The monoisotopic (exact) mass is 393 g/mol. The minimum Gasteiger partial charge on any atom is -0.397 e. The van der Waals surface area contributed by atoms with Gasteiger partial charge in [0.15, 0.2) is 0 Å². The molecule has 2 aromatic carbocycles. The SMILES string of the molecule is Nc1ccc(-c2ccc(F)cc2F)nc1CC(=O)N1CCC(c2ccccc2)C1. The van der Waals surface area contributed by atoms with E-state index in [2.05, 4.69) is 17.1 Å². The van der Waals surface area contributed by atoms with E-state index in [9.17, 15) is 13.6 Å². The normalized spacial score (nSPS) is 16.2. The number of halogens is 2. The molecule has 0 radical (unpaired) electrons. The second-order valence-electron chi connectivity index (χ2n) is 7.27. The Hall–Kier alpha value is -3.28. The van der Waals surface area contributed by atoms with Gasteiger partial charge in [0.05, 0.1) is 23.5 Å². The van der Waals surface area contributed by atoms with Gasteiger partial charge in [0.2, 0.25) is 5.91 Å². The van der Waals surface area contributed by atoms with Crippen molar-refractivity contribution in [2.45, 2.75) is 18.8 Å². The van der Waals surface area contributed by atoms with Gasteiger partial charge in [-0.05, 0) is 36.2 Å². The standard InChI is InChI=1S/C23H21F2N3O/c24-17-6-7-18(19(25)12-17)21-9-8-20(26)22(27-21)13-23(29)28-11-10-16(14-28)15-4-2-1-3-5-15/h1-9,12,16H,10-11,13-14,26H2. The number of aromatic nitrogens is 1. The van der Waals surface area contributed by atoms with Gasteiger partial charge in [-0.2, -0.15) is 0 Å². The number of nitrogens with zero attached hydrogens (tertiary/aromatic N) is 2. The first-order valence-corrected chi connectivity index (χ1v) is 9.55. The number of nitrogen functional groups attached to an aromatic ring is 1. The van der Waals surface area contributed by atoms with E-state index in [1.807, 2.05) is 23.1 Å². The zero-order valence-corrected chi connectivity index (χ0v) is 15.8. The van der Waals surface area contributed by atoms with Crippen molar-refractivity contribution < 1.29 is 13.6 Å². The molecule has 148 valence electrons. The number of carbonyl (C=O) groups excluding carboxylic acids is 1. The Morgan fingerprint density at radius 1 is 1.10 bits per heavy atom. The highest BCUT2D eigenvalue weighted by atomic mass is 19.1. The number of benzene rings is 2. The smallest absolute Gasteiger partial charge is 0.228 e. The van der Waals surface area contributed by atoms with Crippen LogP contribution in [-0.4, -0.2) is 28.9 Å². The fourth-order valence-corrected chi connectivity index (χ4v) is 3.74. The molecule has 1 fully saturated rings. The predicted molar refractivity (Wildman–Crippen MR) is 108 cm³/mol. The van der Waals surface area contributed by atoms with E-state index >= 15 is 0 Å². The van der Waals surface area contributed by atoms with Crippen molar-refractivity contribution in [1.29, 1.82) is 0 Å². The van der Waals surface area contributed by atoms with Crippen LogP contribution in [0.2, 0.25) is 0 Å². The lowest BCUT2D eigenvalue weighted by Crippen LogP contribution is -2.30. The Labute approximate surface area is 168 Å². The highest BCUT2D eigenvalue weighted by molar-refractivity contribution is 5.80. The van der Waals surface area contributed by atoms with E-state index in [-0.39, 0.29) is 17.9 Å². The Kier molecular flexibility index (Phi) is 5.25. The minimum absolute atomic E-state index is 0.0456.